The van der Waals surface area contributed by atoms with Crippen LogP contribution in [0.5, 0.6) is 0 Å². The standard InChI is InChI=1S/C7H16O5S.4CH4.Na/c1-3-7(2)6-11-4-5-12-13(8,9)10;;;;;/h7H,3-6H2,1-2H3,(H,8,9,10);4*1H4;/q;;;;;+1/p-1. The van der Waals surface area contributed by atoms with E-state index >= 15 is 0 Å². The molecule has 0 aliphatic rings. The zero-order chi connectivity index (χ0) is 10.3. The van der Waals surface area contributed by atoms with Gasteiger partial charge in [0.1, 0.15) is 0 Å². The fourth-order valence-electron chi connectivity index (χ4n) is 0.597. The summed E-state index contributed by atoms with van der Waals surface area (Å²) in [6, 6.07) is 0. The van der Waals surface area contributed by atoms with Gasteiger partial charge in [0.15, 0.2) is 0 Å². The van der Waals surface area contributed by atoms with Crippen LogP contribution in [0, 0.1) is 5.92 Å². The van der Waals surface area contributed by atoms with E-state index in [4.69, 9.17) is 4.74 Å². The minimum Gasteiger partial charge on any atom is -0.726 e. The summed E-state index contributed by atoms with van der Waals surface area (Å²) < 4.78 is 38.8. The van der Waals surface area contributed by atoms with Crippen LogP contribution in [-0.4, -0.2) is 32.8 Å². The molecule has 0 aliphatic heterocycles. The molecule has 0 radical (unpaired) electrons. The first-order valence-corrected chi connectivity index (χ1v) is 5.47. The van der Waals surface area contributed by atoms with E-state index in [1.807, 2.05) is 13.8 Å². The largest absolute Gasteiger partial charge is 1.00 e. The molecule has 7 heteroatoms. The predicted octanol–water partition coefficient (Wildman–Crippen LogP) is 0.0743. The van der Waals surface area contributed by atoms with Gasteiger partial charge in [0.25, 0.3) is 0 Å². The maximum Gasteiger partial charge on any atom is 1.00 e. The van der Waals surface area contributed by atoms with E-state index < -0.39 is 10.4 Å². The Kier molecular flexibility index (Phi) is 40.7. The number of hydrogen-bond acceptors (Lipinski definition) is 5. The van der Waals surface area contributed by atoms with Gasteiger partial charge >= 0.3 is 29.6 Å². The Morgan fingerprint density at radius 2 is 1.56 bits per heavy atom. The molecule has 0 aliphatic carbocycles. The van der Waals surface area contributed by atoms with Crippen molar-refractivity contribution in [3.05, 3.63) is 0 Å². The van der Waals surface area contributed by atoms with E-state index in [2.05, 4.69) is 4.18 Å². The number of hydrogen-bond donors (Lipinski definition) is 0. The van der Waals surface area contributed by atoms with E-state index in [9.17, 15) is 13.0 Å². The molecule has 0 N–H and O–H groups in total. The first-order valence-electron chi connectivity index (χ1n) is 4.13. The molecule has 0 fully saturated rings. The third-order valence-corrected chi connectivity index (χ3v) is 2.01. The number of rotatable bonds is 7. The maximum absolute atomic E-state index is 9.95. The van der Waals surface area contributed by atoms with Gasteiger partial charge in [0, 0.05) is 6.61 Å². The topological polar surface area (TPSA) is 75.7 Å². The zero-order valence-corrected chi connectivity index (χ0v) is 11.7. The second-order valence-electron chi connectivity index (χ2n) is 2.82. The SMILES string of the molecule is C.C.C.C.CCC(C)COCCOS(=O)(=O)[O-].[Na+]. The minimum absolute atomic E-state index is 0. The van der Waals surface area contributed by atoms with Crippen LogP contribution in [0.2, 0.25) is 0 Å². The summed E-state index contributed by atoms with van der Waals surface area (Å²) in [5, 5.41) is 0. The summed E-state index contributed by atoms with van der Waals surface area (Å²) in [7, 11) is -4.56. The molecule has 0 aromatic rings. The van der Waals surface area contributed by atoms with Gasteiger partial charge < -0.3 is 9.29 Å². The van der Waals surface area contributed by atoms with E-state index in [1.54, 1.807) is 0 Å². The second kappa shape index (κ2) is 20.2. The van der Waals surface area contributed by atoms with Crippen molar-refractivity contribution in [2.75, 3.05) is 19.8 Å². The molecule has 5 nitrogen and oxygen atoms in total. The Labute approximate surface area is 137 Å². The van der Waals surface area contributed by atoms with Crippen molar-refractivity contribution in [3.63, 3.8) is 0 Å². The summed E-state index contributed by atoms with van der Waals surface area (Å²) >= 11 is 0. The Balaban J connectivity index is -0.0000000720. The molecule has 0 saturated carbocycles. The van der Waals surface area contributed by atoms with Gasteiger partial charge in [-0.05, 0) is 5.92 Å². The van der Waals surface area contributed by atoms with Crippen LogP contribution in [0.25, 0.3) is 0 Å². The van der Waals surface area contributed by atoms with Gasteiger partial charge in [0.2, 0.25) is 10.4 Å². The fraction of sp³-hybridized carbons (Fsp3) is 1.00. The van der Waals surface area contributed by atoms with Crippen molar-refractivity contribution >= 4 is 10.4 Å². The van der Waals surface area contributed by atoms with Crippen LogP contribution in [0.4, 0.5) is 0 Å². The molecular weight excluding hydrogens is 267 g/mol. The average molecular weight is 298 g/mol. The summed E-state index contributed by atoms with van der Waals surface area (Å²) in [5.41, 5.74) is 0. The van der Waals surface area contributed by atoms with Gasteiger partial charge in [-0.15, -0.1) is 0 Å². The number of ether oxygens (including phenoxy) is 1. The Morgan fingerprint density at radius 3 is 1.89 bits per heavy atom. The van der Waals surface area contributed by atoms with Crippen molar-refractivity contribution in [3.8, 4) is 0 Å². The normalized spacial score (nSPS) is 10.4. The predicted molar refractivity (Wildman–Crippen MR) is 72.8 cm³/mol. The molecule has 0 aromatic carbocycles. The van der Waals surface area contributed by atoms with Crippen LogP contribution in [0.3, 0.4) is 0 Å². The van der Waals surface area contributed by atoms with E-state index in [0.717, 1.165) is 6.42 Å². The van der Waals surface area contributed by atoms with E-state index in [-0.39, 0.29) is 72.5 Å². The van der Waals surface area contributed by atoms with Crippen LogP contribution in [0.1, 0.15) is 50.0 Å². The van der Waals surface area contributed by atoms with Crippen LogP contribution in [0.15, 0.2) is 0 Å². The molecule has 0 rings (SSSR count). The van der Waals surface area contributed by atoms with Crippen molar-refractivity contribution in [1.29, 1.82) is 0 Å². The zero-order valence-electron chi connectivity index (χ0n) is 8.86. The van der Waals surface area contributed by atoms with Crippen molar-refractivity contribution < 1.29 is 51.4 Å². The maximum atomic E-state index is 9.95. The summed E-state index contributed by atoms with van der Waals surface area (Å²) in [5.74, 6) is 0.434. The van der Waals surface area contributed by atoms with Crippen molar-refractivity contribution in [2.45, 2.75) is 50.0 Å². The molecule has 0 bridgehead atoms. The first kappa shape index (κ1) is 36.4. The molecule has 0 heterocycles. The summed E-state index contributed by atoms with van der Waals surface area (Å²) in [6.45, 7) is 4.53. The monoisotopic (exact) mass is 298 g/mol. The molecule has 0 amide bonds. The molecular formula is C11H31NaO5S. The Bertz CT molecular complexity index is 219. The fourth-order valence-corrected chi connectivity index (χ4v) is 0.870. The van der Waals surface area contributed by atoms with Gasteiger partial charge in [-0.1, -0.05) is 50.0 Å². The third-order valence-electron chi connectivity index (χ3n) is 1.55. The summed E-state index contributed by atoms with van der Waals surface area (Å²) in [6.07, 6.45) is 1.00. The third kappa shape index (κ3) is 30.1. The molecule has 18 heavy (non-hydrogen) atoms. The molecule has 0 saturated heterocycles. The van der Waals surface area contributed by atoms with E-state index in [0.29, 0.717) is 12.5 Å². The molecule has 1 atom stereocenters. The minimum atomic E-state index is -4.56. The second-order valence-corrected chi connectivity index (χ2v) is 3.87. The van der Waals surface area contributed by atoms with Gasteiger partial charge in [-0.25, -0.2) is 8.42 Å². The van der Waals surface area contributed by atoms with Crippen LogP contribution in [-0.2, 0) is 19.3 Å². The Morgan fingerprint density at radius 1 is 1.11 bits per heavy atom. The molecule has 0 spiro atoms. The quantitative estimate of drug-likeness (QED) is 0.288. The Hall–Kier alpha value is 0.830. The molecule has 112 valence electrons. The first-order chi connectivity index (χ1) is 5.95. The average Bonchev–Trinajstić information content (AvgIpc) is 2.01. The summed E-state index contributed by atoms with van der Waals surface area (Å²) in [4.78, 5) is 0. The van der Waals surface area contributed by atoms with Crippen LogP contribution >= 0.6 is 0 Å². The van der Waals surface area contributed by atoms with Gasteiger partial charge in [-0.3, -0.25) is 4.18 Å². The smallest absolute Gasteiger partial charge is 0.726 e. The van der Waals surface area contributed by atoms with Gasteiger partial charge in [0.05, 0.1) is 13.2 Å². The molecule has 1 unspecified atom stereocenters. The van der Waals surface area contributed by atoms with E-state index in [1.165, 1.54) is 0 Å². The molecule has 0 aromatic heterocycles. The van der Waals surface area contributed by atoms with Gasteiger partial charge in [-0.2, -0.15) is 0 Å². The van der Waals surface area contributed by atoms with Crippen LogP contribution < -0.4 is 29.6 Å². The van der Waals surface area contributed by atoms with Crippen molar-refractivity contribution in [1.82, 2.24) is 0 Å². The van der Waals surface area contributed by atoms with Crippen molar-refractivity contribution in [2.24, 2.45) is 5.92 Å².